The van der Waals surface area contributed by atoms with Crippen LogP contribution in [0.4, 0.5) is 0 Å². The predicted octanol–water partition coefficient (Wildman–Crippen LogP) is 0.332. The van der Waals surface area contributed by atoms with Gasteiger partial charge in [-0.2, -0.15) is 0 Å². The van der Waals surface area contributed by atoms with E-state index in [2.05, 4.69) is 12.2 Å². The maximum atomic E-state index is 5.82. The Hall–Kier alpha value is -0.0800. The van der Waals surface area contributed by atoms with E-state index >= 15 is 0 Å². The average molecular weight is 140 g/mol. The highest BCUT2D eigenvalue weighted by atomic mass is 15.0. The van der Waals surface area contributed by atoms with Crippen molar-refractivity contribution >= 4 is 0 Å². The van der Waals surface area contributed by atoms with Crippen molar-refractivity contribution in [1.29, 1.82) is 0 Å². The highest BCUT2D eigenvalue weighted by Crippen LogP contribution is 2.46. The summed E-state index contributed by atoms with van der Waals surface area (Å²) in [6, 6.07) is 1.19. The first-order valence-corrected chi connectivity index (χ1v) is 4.29. The Labute approximate surface area is 62.2 Å². The zero-order chi connectivity index (χ0) is 7.14. The van der Waals surface area contributed by atoms with Crippen molar-refractivity contribution in [3.8, 4) is 0 Å². The number of fused-ring (bicyclic) bond motifs is 1. The topological polar surface area (TPSA) is 38.0 Å². The Morgan fingerprint density at radius 2 is 2.40 bits per heavy atom. The molecule has 0 aromatic heterocycles. The summed E-state index contributed by atoms with van der Waals surface area (Å²) in [5.41, 5.74) is 5.82. The Balaban J connectivity index is 1.93. The van der Waals surface area contributed by atoms with E-state index in [0.717, 1.165) is 17.9 Å². The maximum Gasteiger partial charge on any atom is 0.0145 e. The molecule has 1 heterocycles. The number of rotatable bonds is 1. The third kappa shape index (κ3) is 0.867. The van der Waals surface area contributed by atoms with E-state index in [1.807, 2.05) is 0 Å². The van der Waals surface area contributed by atoms with Crippen LogP contribution in [0.1, 0.15) is 19.8 Å². The third-order valence-corrected chi connectivity index (χ3v) is 2.93. The van der Waals surface area contributed by atoms with Crippen molar-refractivity contribution in [1.82, 2.24) is 5.32 Å². The Morgan fingerprint density at radius 1 is 1.60 bits per heavy atom. The Morgan fingerprint density at radius 3 is 2.90 bits per heavy atom. The predicted molar refractivity (Wildman–Crippen MR) is 41.7 cm³/mol. The summed E-state index contributed by atoms with van der Waals surface area (Å²) in [7, 11) is 0. The van der Waals surface area contributed by atoms with Crippen molar-refractivity contribution in [2.24, 2.45) is 17.6 Å². The maximum absolute atomic E-state index is 5.82. The standard InChI is InChI=1S/C8H16N2/c1-5(9)7-6-3-2-4-10-8(6)7/h5-8,10H,2-4,9H2,1H3. The lowest BCUT2D eigenvalue weighted by Crippen LogP contribution is -2.27. The molecule has 3 N–H and O–H groups in total. The van der Waals surface area contributed by atoms with Crippen LogP contribution >= 0.6 is 0 Å². The fraction of sp³-hybridized carbons (Fsp3) is 1.00. The minimum atomic E-state index is 0.403. The molecule has 1 saturated heterocycles. The number of nitrogens with one attached hydrogen (secondary N) is 1. The van der Waals surface area contributed by atoms with Gasteiger partial charge in [-0.25, -0.2) is 0 Å². The number of nitrogens with two attached hydrogens (primary N) is 1. The number of hydrogen-bond acceptors (Lipinski definition) is 2. The van der Waals surface area contributed by atoms with Crippen LogP contribution in [-0.2, 0) is 0 Å². The number of hydrogen-bond donors (Lipinski definition) is 2. The summed E-state index contributed by atoms with van der Waals surface area (Å²) in [5, 5.41) is 3.51. The van der Waals surface area contributed by atoms with E-state index in [9.17, 15) is 0 Å². The van der Waals surface area contributed by atoms with Gasteiger partial charge in [0.2, 0.25) is 0 Å². The van der Waals surface area contributed by atoms with Crippen molar-refractivity contribution in [2.45, 2.75) is 31.8 Å². The minimum Gasteiger partial charge on any atom is -0.328 e. The van der Waals surface area contributed by atoms with E-state index in [1.165, 1.54) is 19.4 Å². The molecular formula is C8H16N2. The van der Waals surface area contributed by atoms with Crippen LogP contribution in [-0.4, -0.2) is 18.6 Å². The van der Waals surface area contributed by atoms with E-state index in [4.69, 9.17) is 5.73 Å². The van der Waals surface area contributed by atoms with Crippen molar-refractivity contribution < 1.29 is 0 Å². The van der Waals surface area contributed by atoms with Crippen molar-refractivity contribution in [3.63, 3.8) is 0 Å². The second kappa shape index (κ2) is 2.21. The summed E-state index contributed by atoms with van der Waals surface area (Å²) in [6.45, 7) is 3.34. The van der Waals surface area contributed by atoms with E-state index in [1.54, 1.807) is 0 Å². The molecule has 4 unspecified atom stereocenters. The van der Waals surface area contributed by atoms with Gasteiger partial charge in [0.25, 0.3) is 0 Å². The van der Waals surface area contributed by atoms with E-state index < -0.39 is 0 Å². The quantitative estimate of drug-likeness (QED) is 0.551. The first-order chi connectivity index (χ1) is 4.80. The fourth-order valence-corrected chi connectivity index (χ4v) is 2.38. The summed E-state index contributed by atoms with van der Waals surface area (Å²) in [5.74, 6) is 1.72. The molecule has 2 nitrogen and oxygen atoms in total. The third-order valence-electron chi connectivity index (χ3n) is 2.93. The molecule has 0 spiro atoms. The molecule has 0 bridgehead atoms. The summed E-state index contributed by atoms with van der Waals surface area (Å²) >= 11 is 0. The lowest BCUT2D eigenvalue weighted by molar-refractivity contribution is 0.504. The van der Waals surface area contributed by atoms with Gasteiger partial charge in [0.15, 0.2) is 0 Å². The molecule has 4 atom stereocenters. The van der Waals surface area contributed by atoms with Gasteiger partial charge in [-0.15, -0.1) is 0 Å². The minimum absolute atomic E-state index is 0.403. The highest BCUT2D eigenvalue weighted by Gasteiger charge is 2.52. The first-order valence-electron chi connectivity index (χ1n) is 4.29. The highest BCUT2D eigenvalue weighted by molar-refractivity contribution is 5.08. The molecule has 0 amide bonds. The molecule has 2 aliphatic rings. The van der Waals surface area contributed by atoms with Crippen LogP contribution < -0.4 is 11.1 Å². The zero-order valence-electron chi connectivity index (χ0n) is 6.51. The monoisotopic (exact) mass is 140 g/mol. The van der Waals surface area contributed by atoms with Gasteiger partial charge in [-0.1, -0.05) is 0 Å². The van der Waals surface area contributed by atoms with Crippen molar-refractivity contribution in [3.05, 3.63) is 0 Å². The lowest BCUT2D eigenvalue weighted by atomic mass is 10.1. The van der Waals surface area contributed by atoms with Crippen LogP contribution in [0.5, 0.6) is 0 Å². The van der Waals surface area contributed by atoms with Gasteiger partial charge in [0.1, 0.15) is 0 Å². The largest absolute Gasteiger partial charge is 0.328 e. The SMILES string of the molecule is CC(N)C1C2CCCNC21. The van der Waals surface area contributed by atoms with Gasteiger partial charge in [0, 0.05) is 12.1 Å². The van der Waals surface area contributed by atoms with Gasteiger partial charge in [-0.05, 0) is 38.1 Å². The molecule has 10 heavy (non-hydrogen) atoms. The van der Waals surface area contributed by atoms with E-state index in [0.29, 0.717) is 6.04 Å². The first kappa shape index (κ1) is 6.62. The molecule has 1 saturated carbocycles. The van der Waals surface area contributed by atoms with Crippen LogP contribution in [0.2, 0.25) is 0 Å². The van der Waals surface area contributed by atoms with Crippen LogP contribution in [0.3, 0.4) is 0 Å². The smallest absolute Gasteiger partial charge is 0.0145 e. The summed E-state index contributed by atoms with van der Waals surface area (Å²) in [6.07, 6.45) is 2.76. The molecule has 1 aliphatic heterocycles. The normalized spacial score (nSPS) is 48.0. The molecule has 2 heteroatoms. The molecule has 0 radical (unpaired) electrons. The summed E-state index contributed by atoms with van der Waals surface area (Å²) < 4.78 is 0. The fourth-order valence-electron chi connectivity index (χ4n) is 2.38. The lowest BCUT2D eigenvalue weighted by Gasteiger charge is -2.08. The molecule has 0 aromatic rings. The molecule has 2 rings (SSSR count). The van der Waals surface area contributed by atoms with E-state index in [-0.39, 0.29) is 0 Å². The molecule has 2 fully saturated rings. The summed E-state index contributed by atoms with van der Waals surface area (Å²) in [4.78, 5) is 0. The second-order valence-electron chi connectivity index (χ2n) is 3.72. The van der Waals surface area contributed by atoms with Gasteiger partial charge in [0.05, 0.1) is 0 Å². The van der Waals surface area contributed by atoms with Gasteiger partial charge in [-0.3, -0.25) is 0 Å². The van der Waals surface area contributed by atoms with Crippen LogP contribution in [0.25, 0.3) is 0 Å². The van der Waals surface area contributed by atoms with Gasteiger partial charge >= 0.3 is 0 Å². The van der Waals surface area contributed by atoms with Crippen LogP contribution in [0, 0.1) is 11.8 Å². The Kier molecular flexibility index (Phi) is 1.46. The van der Waals surface area contributed by atoms with Gasteiger partial charge < -0.3 is 11.1 Å². The zero-order valence-corrected chi connectivity index (χ0v) is 6.51. The molecule has 1 aliphatic carbocycles. The second-order valence-corrected chi connectivity index (χ2v) is 3.72. The van der Waals surface area contributed by atoms with Crippen molar-refractivity contribution in [2.75, 3.05) is 6.54 Å². The molecule has 0 aromatic carbocycles. The Bertz CT molecular complexity index is 121. The molecule has 58 valence electrons. The van der Waals surface area contributed by atoms with Crippen LogP contribution in [0.15, 0.2) is 0 Å². The average Bonchev–Trinajstić information content (AvgIpc) is 2.60. The number of piperidine rings is 1. The molecular weight excluding hydrogens is 124 g/mol.